The second kappa shape index (κ2) is 6.18. The Kier molecular flexibility index (Phi) is 4.57. The van der Waals surface area contributed by atoms with Crippen molar-refractivity contribution in [1.29, 1.82) is 0 Å². The smallest absolute Gasteiger partial charge is 0.0914 e. The molecule has 0 saturated heterocycles. The van der Waals surface area contributed by atoms with Crippen molar-refractivity contribution in [2.45, 2.75) is 44.8 Å². The molecular weight excluding hydrogens is 210 g/mol. The van der Waals surface area contributed by atoms with Gasteiger partial charge in [-0.05, 0) is 24.3 Å². The number of nitrogens with one attached hydrogen (secondary N) is 1. The Morgan fingerprint density at radius 3 is 2.65 bits per heavy atom. The first kappa shape index (κ1) is 12.6. The van der Waals surface area contributed by atoms with Crippen molar-refractivity contribution in [3.8, 4) is 0 Å². The van der Waals surface area contributed by atoms with E-state index in [-0.39, 0.29) is 6.10 Å². The van der Waals surface area contributed by atoms with Gasteiger partial charge in [0.15, 0.2) is 0 Å². The summed E-state index contributed by atoms with van der Waals surface area (Å²) in [5.74, 6) is 0.742. The van der Waals surface area contributed by atoms with Crippen molar-refractivity contribution in [1.82, 2.24) is 5.32 Å². The van der Waals surface area contributed by atoms with Crippen molar-refractivity contribution in [2.75, 3.05) is 6.54 Å². The van der Waals surface area contributed by atoms with E-state index < -0.39 is 0 Å². The fraction of sp³-hybridized carbons (Fsp3) is 0.600. The summed E-state index contributed by atoms with van der Waals surface area (Å²) in [6.45, 7) is 2.98. The molecule has 2 heteroatoms. The molecule has 0 aliphatic heterocycles. The molecule has 1 fully saturated rings. The zero-order chi connectivity index (χ0) is 12.1. The number of aliphatic hydroxyl groups is 1. The third-order valence-corrected chi connectivity index (χ3v) is 3.87. The quantitative estimate of drug-likeness (QED) is 0.838. The maximum absolute atomic E-state index is 10.1. The molecule has 17 heavy (non-hydrogen) atoms. The number of rotatable bonds is 4. The fourth-order valence-electron chi connectivity index (χ4n) is 2.68. The Balaban J connectivity index is 1.81. The Morgan fingerprint density at radius 1 is 1.24 bits per heavy atom. The average molecular weight is 233 g/mol. The predicted octanol–water partition coefficient (Wildman–Crippen LogP) is 2.89. The van der Waals surface area contributed by atoms with E-state index in [0.29, 0.717) is 12.6 Å². The monoisotopic (exact) mass is 233 g/mol. The van der Waals surface area contributed by atoms with Gasteiger partial charge in [-0.2, -0.15) is 0 Å². The Labute approximate surface area is 104 Å². The molecule has 1 aliphatic carbocycles. The van der Waals surface area contributed by atoms with Crippen molar-refractivity contribution < 1.29 is 5.11 Å². The van der Waals surface area contributed by atoms with E-state index >= 15 is 0 Å². The van der Waals surface area contributed by atoms with Crippen molar-refractivity contribution in [3.63, 3.8) is 0 Å². The summed E-state index contributed by atoms with van der Waals surface area (Å²) >= 11 is 0. The highest BCUT2D eigenvalue weighted by molar-refractivity contribution is 5.17. The van der Waals surface area contributed by atoms with Crippen LogP contribution in [0.1, 0.15) is 44.3 Å². The molecule has 0 radical (unpaired) electrons. The van der Waals surface area contributed by atoms with Gasteiger partial charge >= 0.3 is 0 Å². The summed E-state index contributed by atoms with van der Waals surface area (Å²) in [7, 11) is 0. The van der Waals surface area contributed by atoms with E-state index in [1.54, 1.807) is 0 Å². The van der Waals surface area contributed by atoms with Crippen LogP contribution in [0, 0.1) is 5.92 Å². The summed E-state index contributed by atoms with van der Waals surface area (Å²) in [6.07, 6.45) is 4.87. The van der Waals surface area contributed by atoms with Gasteiger partial charge in [-0.3, -0.25) is 0 Å². The molecule has 1 aromatic rings. The molecule has 0 heterocycles. The Bertz CT molecular complexity index is 325. The van der Waals surface area contributed by atoms with Gasteiger partial charge in [0.25, 0.3) is 0 Å². The summed E-state index contributed by atoms with van der Waals surface area (Å²) < 4.78 is 0. The van der Waals surface area contributed by atoms with Gasteiger partial charge < -0.3 is 10.4 Å². The van der Waals surface area contributed by atoms with Gasteiger partial charge in [-0.1, -0.05) is 50.1 Å². The van der Waals surface area contributed by atoms with Gasteiger partial charge in [-0.15, -0.1) is 0 Å². The molecule has 0 aromatic heterocycles. The Morgan fingerprint density at radius 2 is 1.94 bits per heavy atom. The summed E-state index contributed by atoms with van der Waals surface area (Å²) in [5, 5.41) is 13.6. The molecule has 2 nitrogen and oxygen atoms in total. The van der Waals surface area contributed by atoms with Crippen LogP contribution in [-0.4, -0.2) is 17.7 Å². The number of benzene rings is 1. The minimum Gasteiger partial charge on any atom is -0.387 e. The van der Waals surface area contributed by atoms with E-state index in [1.807, 2.05) is 30.3 Å². The van der Waals surface area contributed by atoms with Crippen molar-refractivity contribution in [3.05, 3.63) is 35.9 Å². The second-order valence-corrected chi connectivity index (χ2v) is 5.20. The molecule has 1 aromatic carbocycles. The van der Waals surface area contributed by atoms with Crippen LogP contribution in [0.2, 0.25) is 0 Å². The highest BCUT2D eigenvalue weighted by Gasteiger charge is 2.21. The van der Waals surface area contributed by atoms with Crippen molar-refractivity contribution >= 4 is 0 Å². The fourth-order valence-corrected chi connectivity index (χ4v) is 2.68. The second-order valence-electron chi connectivity index (χ2n) is 5.20. The van der Waals surface area contributed by atoms with Crippen LogP contribution < -0.4 is 5.32 Å². The first-order chi connectivity index (χ1) is 8.27. The lowest BCUT2D eigenvalue weighted by atomic mass is 9.86. The predicted molar refractivity (Wildman–Crippen MR) is 70.8 cm³/mol. The topological polar surface area (TPSA) is 32.3 Å². The minimum absolute atomic E-state index is 0.384. The van der Waals surface area contributed by atoms with Crippen LogP contribution in [-0.2, 0) is 0 Å². The molecule has 0 spiro atoms. The largest absolute Gasteiger partial charge is 0.387 e. The third kappa shape index (κ3) is 3.55. The van der Waals surface area contributed by atoms with Gasteiger partial charge in [-0.25, -0.2) is 0 Å². The Hall–Kier alpha value is -0.860. The van der Waals surface area contributed by atoms with E-state index in [4.69, 9.17) is 0 Å². The molecule has 1 aliphatic rings. The van der Waals surface area contributed by atoms with Crippen molar-refractivity contribution in [2.24, 2.45) is 5.92 Å². The lowest BCUT2D eigenvalue weighted by molar-refractivity contribution is 0.157. The van der Waals surface area contributed by atoms with Gasteiger partial charge in [0.05, 0.1) is 6.10 Å². The van der Waals surface area contributed by atoms with Crippen LogP contribution in [0.15, 0.2) is 30.3 Å². The summed E-state index contributed by atoms with van der Waals surface area (Å²) in [6, 6.07) is 10.5. The van der Waals surface area contributed by atoms with Crippen LogP contribution in [0.4, 0.5) is 0 Å². The molecule has 2 N–H and O–H groups in total. The van der Waals surface area contributed by atoms with Crippen LogP contribution in [0.3, 0.4) is 0 Å². The van der Waals surface area contributed by atoms with Crippen LogP contribution in [0.5, 0.6) is 0 Å². The molecule has 0 amide bonds. The zero-order valence-corrected chi connectivity index (χ0v) is 10.6. The molecule has 0 unspecified atom stereocenters. The molecular formula is C15H23NO. The first-order valence-corrected chi connectivity index (χ1v) is 6.74. The third-order valence-electron chi connectivity index (χ3n) is 3.87. The first-order valence-electron chi connectivity index (χ1n) is 6.74. The molecule has 3 atom stereocenters. The standard InChI is InChI=1S/C15H23NO/c1-12-7-5-6-10-14(12)16-11-15(17)13-8-3-2-4-9-13/h2-4,8-9,12,14-17H,5-7,10-11H2,1H3/t12-,14+,15-/m1/s1. The van der Waals surface area contributed by atoms with E-state index in [0.717, 1.165) is 11.5 Å². The number of hydrogen-bond donors (Lipinski definition) is 2. The van der Waals surface area contributed by atoms with Gasteiger partial charge in [0, 0.05) is 12.6 Å². The zero-order valence-electron chi connectivity index (χ0n) is 10.6. The molecule has 0 bridgehead atoms. The summed E-state index contributed by atoms with van der Waals surface area (Å²) in [5.41, 5.74) is 1.00. The molecule has 94 valence electrons. The average Bonchev–Trinajstić information content (AvgIpc) is 2.38. The van der Waals surface area contributed by atoms with E-state index in [1.165, 1.54) is 25.7 Å². The summed E-state index contributed by atoms with van der Waals surface area (Å²) in [4.78, 5) is 0. The lowest BCUT2D eigenvalue weighted by Crippen LogP contribution is -2.39. The number of hydrogen-bond acceptors (Lipinski definition) is 2. The SMILES string of the molecule is C[C@@H]1CCCC[C@@H]1NC[C@@H](O)c1ccccc1. The van der Waals surface area contributed by atoms with Crippen LogP contribution >= 0.6 is 0 Å². The van der Waals surface area contributed by atoms with E-state index in [2.05, 4.69) is 12.2 Å². The van der Waals surface area contributed by atoms with Crippen LogP contribution in [0.25, 0.3) is 0 Å². The maximum atomic E-state index is 10.1. The highest BCUT2D eigenvalue weighted by atomic mass is 16.3. The number of aliphatic hydroxyl groups excluding tert-OH is 1. The van der Waals surface area contributed by atoms with Gasteiger partial charge in [0.2, 0.25) is 0 Å². The lowest BCUT2D eigenvalue weighted by Gasteiger charge is -2.30. The highest BCUT2D eigenvalue weighted by Crippen LogP contribution is 2.24. The molecule has 2 rings (SSSR count). The maximum Gasteiger partial charge on any atom is 0.0914 e. The van der Waals surface area contributed by atoms with E-state index in [9.17, 15) is 5.11 Å². The minimum atomic E-state index is -0.384. The molecule has 1 saturated carbocycles. The van der Waals surface area contributed by atoms with Gasteiger partial charge in [0.1, 0.15) is 0 Å². The normalized spacial score (nSPS) is 26.7.